The first-order valence-corrected chi connectivity index (χ1v) is 10.3. The topological polar surface area (TPSA) is 69.0 Å². The van der Waals surface area contributed by atoms with E-state index in [1.165, 1.54) is 7.11 Å². The minimum absolute atomic E-state index is 0.210. The van der Waals surface area contributed by atoms with E-state index in [4.69, 9.17) is 25.5 Å². The van der Waals surface area contributed by atoms with Crippen molar-refractivity contribution in [1.82, 2.24) is 0 Å². The summed E-state index contributed by atoms with van der Waals surface area (Å²) in [7, 11) is 1.35. The van der Waals surface area contributed by atoms with Gasteiger partial charge in [0, 0.05) is 10.9 Å². The summed E-state index contributed by atoms with van der Waals surface area (Å²) in [6.07, 6.45) is 3.60. The zero-order chi connectivity index (χ0) is 20.8. The van der Waals surface area contributed by atoms with Gasteiger partial charge >= 0.3 is 11.6 Å². The van der Waals surface area contributed by atoms with Crippen LogP contribution in [0, 0.1) is 0 Å². The molecule has 7 heteroatoms. The van der Waals surface area contributed by atoms with Crippen molar-refractivity contribution >= 4 is 34.2 Å². The van der Waals surface area contributed by atoms with Crippen molar-refractivity contribution < 1.29 is 18.7 Å². The second kappa shape index (κ2) is 7.36. The Balaban J connectivity index is 1.67. The smallest absolute Gasteiger partial charge is 0.339 e. The highest BCUT2D eigenvalue weighted by molar-refractivity contribution is 6.33. The number of carbonyl (C=O) groups excluding carboxylic acids is 1. The van der Waals surface area contributed by atoms with Crippen molar-refractivity contribution in [3.63, 3.8) is 0 Å². The molecule has 0 N–H and O–H groups in total. The molecular formula is C23H20ClNO5. The average Bonchev–Trinajstić information content (AvgIpc) is 2.79. The average molecular weight is 426 g/mol. The Hall–Kier alpha value is -2.99. The van der Waals surface area contributed by atoms with Crippen molar-refractivity contribution in [2.45, 2.75) is 32.2 Å². The van der Waals surface area contributed by atoms with Gasteiger partial charge in [-0.2, -0.15) is 0 Å². The van der Waals surface area contributed by atoms with Crippen molar-refractivity contribution in [1.29, 1.82) is 0 Å². The van der Waals surface area contributed by atoms with Crippen molar-refractivity contribution in [2.75, 3.05) is 18.7 Å². The van der Waals surface area contributed by atoms with Crippen LogP contribution in [0.4, 0.5) is 5.69 Å². The fourth-order valence-electron chi connectivity index (χ4n) is 4.46. The van der Waals surface area contributed by atoms with Gasteiger partial charge in [0.1, 0.15) is 11.3 Å². The van der Waals surface area contributed by atoms with Crippen LogP contribution in [-0.2, 0) is 24.1 Å². The monoisotopic (exact) mass is 425 g/mol. The number of nitrogens with zero attached hydrogens (tertiary/aromatic N) is 1. The molecule has 5 rings (SSSR count). The number of carbonyl (C=O) groups is 1. The quantitative estimate of drug-likeness (QED) is 0.445. The summed E-state index contributed by atoms with van der Waals surface area (Å²) in [5, 5.41) is 1.37. The van der Waals surface area contributed by atoms with Gasteiger partial charge in [-0.25, -0.2) is 9.59 Å². The van der Waals surface area contributed by atoms with Crippen LogP contribution in [0.1, 0.15) is 39.9 Å². The first kappa shape index (κ1) is 19.0. The molecule has 0 unspecified atom stereocenters. The Morgan fingerprint density at radius 1 is 1.13 bits per heavy atom. The van der Waals surface area contributed by atoms with E-state index in [1.807, 2.05) is 23.1 Å². The molecule has 0 saturated heterocycles. The lowest BCUT2D eigenvalue weighted by Gasteiger charge is -2.32. The van der Waals surface area contributed by atoms with Crippen LogP contribution in [0.5, 0.6) is 5.75 Å². The third kappa shape index (κ3) is 2.94. The van der Waals surface area contributed by atoms with Gasteiger partial charge in [-0.15, -0.1) is 0 Å². The number of anilines is 1. The fraction of sp³-hybridized carbons (Fsp3) is 0.304. The van der Waals surface area contributed by atoms with Crippen LogP contribution in [0.25, 0.3) is 11.0 Å². The van der Waals surface area contributed by atoms with Crippen molar-refractivity contribution in [2.24, 2.45) is 0 Å². The van der Waals surface area contributed by atoms with Crippen molar-refractivity contribution in [3.05, 3.63) is 68.0 Å². The molecule has 0 bridgehead atoms. The number of aryl methyl sites for hydroxylation is 1. The van der Waals surface area contributed by atoms with Crippen LogP contribution < -0.4 is 15.3 Å². The summed E-state index contributed by atoms with van der Waals surface area (Å²) < 4.78 is 16.7. The number of fused-ring (bicyclic) bond motifs is 5. The standard InChI is InChI=1S/C23H20ClNO5/c1-28-22(26)15-8-4-5-9-19(15)25-11-17-20-16(10-18(24)21(17)29-12-25)13-6-2-3-7-14(13)23(27)30-20/h4-5,8-10H,2-3,6-7,11-12H2,1H3. The van der Waals surface area contributed by atoms with Crippen LogP contribution in [0.3, 0.4) is 0 Å². The molecule has 0 atom stereocenters. The zero-order valence-corrected chi connectivity index (χ0v) is 17.3. The molecule has 30 heavy (non-hydrogen) atoms. The number of methoxy groups -OCH3 is 1. The summed E-state index contributed by atoms with van der Waals surface area (Å²) in [6.45, 7) is 0.601. The van der Waals surface area contributed by atoms with Crippen molar-refractivity contribution in [3.8, 4) is 5.75 Å². The van der Waals surface area contributed by atoms with Gasteiger partial charge in [-0.3, -0.25) is 0 Å². The summed E-state index contributed by atoms with van der Waals surface area (Å²) in [4.78, 5) is 26.8. The molecule has 154 valence electrons. The zero-order valence-electron chi connectivity index (χ0n) is 16.5. The van der Waals surface area contributed by atoms with Crippen LogP contribution in [0.2, 0.25) is 5.02 Å². The minimum Gasteiger partial charge on any atom is -0.471 e. The molecule has 3 aromatic rings. The number of ether oxygens (including phenoxy) is 2. The lowest BCUT2D eigenvalue weighted by Crippen LogP contribution is -2.33. The predicted molar refractivity (Wildman–Crippen MR) is 114 cm³/mol. The van der Waals surface area contributed by atoms with E-state index in [2.05, 4.69) is 0 Å². The van der Waals surface area contributed by atoms with E-state index >= 15 is 0 Å². The SMILES string of the molecule is COC(=O)c1ccccc1N1COc2c(Cl)cc3c4c(c(=O)oc3c2C1)CCCC4. The maximum absolute atomic E-state index is 12.7. The van der Waals surface area contributed by atoms with Gasteiger partial charge in [-0.1, -0.05) is 23.7 Å². The lowest BCUT2D eigenvalue weighted by atomic mass is 9.89. The molecule has 0 radical (unpaired) electrons. The van der Waals surface area contributed by atoms with Gasteiger partial charge in [-0.05, 0) is 49.4 Å². The molecular weight excluding hydrogens is 406 g/mol. The molecule has 2 heterocycles. The maximum atomic E-state index is 12.7. The van der Waals surface area contributed by atoms with E-state index in [0.29, 0.717) is 39.7 Å². The number of para-hydroxylation sites is 1. The third-order valence-corrected chi connectivity index (χ3v) is 6.16. The first-order chi connectivity index (χ1) is 14.6. The summed E-state index contributed by atoms with van der Waals surface area (Å²) >= 11 is 6.56. The molecule has 0 fully saturated rings. The number of rotatable bonds is 2. The molecule has 2 aliphatic rings. The minimum atomic E-state index is -0.423. The predicted octanol–water partition coefficient (Wildman–Crippen LogP) is 4.47. The largest absolute Gasteiger partial charge is 0.471 e. The maximum Gasteiger partial charge on any atom is 0.339 e. The highest BCUT2D eigenvalue weighted by Gasteiger charge is 2.29. The second-order valence-corrected chi connectivity index (χ2v) is 7.98. The van der Waals surface area contributed by atoms with Crippen LogP contribution in [-0.4, -0.2) is 19.8 Å². The molecule has 1 aliphatic carbocycles. The molecule has 0 spiro atoms. The summed E-state index contributed by atoms with van der Waals surface area (Å²) in [6, 6.07) is 9.03. The van der Waals surface area contributed by atoms with Crippen LogP contribution >= 0.6 is 11.6 Å². The van der Waals surface area contributed by atoms with E-state index in [1.54, 1.807) is 12.1 Å². The highest BCUT2D eigenvalue weighted by atomic mass is 35.5. The molecule has 0 amide bonds. The molecule has 0 saturated carbocycles. The number of esters is 1. The van der Waals surface area contributed by atoms with E-state index in [9.17, 15) is 9.59 Å². The fourth-order valence-corrected chi connectivity index (χ4v) is 4.73. The number of hydrogen-bond donors (Lipinski definition) is 0. The molecule has 2 aromatic carbocycles. The Morgan fingerprint density at radius 3 is 2.70 bits per heavy atom. The van der Waals surface area contributed by atoms with Crippen LogP contribution in [0.15, 0.2) is 39.5 Å². The normalized spacial score (nSPS) is 15.3. The number of hydrogen-bond acceptors (Lipinski definition) is 6. The highest BCUT2D eigenvalue weighted by Crippen LogP contribution is 2.42. The second-order valence-electron chi connectivity index (χ2n) is 7.58. The van der Waals surface area contributed by atoms with Gasteiger partial charge in [0.2, 0.25) is 0 Å². The summed E-state index contributed by atoms with van der Waals surface area (Å²) in [5.41, 5.74) is 3.86. The molecule has 1 aliphatic heterocycles. The van der Waals surface area contributed by atoms with E-state index < -0.39 is 5.97 Å². The lowest BCUT2D eigenvalue weighted by molar-refractivity contribution is 0.0601. The van der Waals surface area contributed by atoms with Gasteiger partial charge in [0.25, 0.3) is 0 Å². The van der Waals surface area contributed by atoms with Gasteiger partial charge in [0.15, 0.2) is 6.73 Å². The van der Waals surface area contributed by atoms with E-state index in [-0.39, 0.29) is 12.4 Å². The Labute approximate surface area is 177 Å². The first-order valence-electron chi connectivity index (χ1n) is 9.93. The Morgan fingerprint density at radius 2 is 1.90 bits per heavy atom. The van der Waals surface area contributed by atoms with Gasteiger partial charge in [0.05, 0.1) is 35.5 Å². The Bertz CT molecular complexity index is 1230. The molecule has 1 aromatic heterocycles. The molecule has 6 nitrogen and oxygen atoms in total. The van der Waals surface area contributed by atoms with E-state index in [0.717, 1.165) is 42.2 Å². The third-order valence-electron chi connectivity index (χ3n) is 5.88. The Kier molecular flexibility index (Phi) is 4.66. The number of halogens is 1. The summed E-state index contributed by atoms with van der Waals surface area (Å²) in [5.74, 6) is 0.0998. The number of benzene rings is 2. The van der Waals surface area contributed by atoms with Gasteiger partial charge < -0.3 is 18.8 Å².